The normalized spacial score (nSPS) is 26.5. The van der Waals surface area contributed by atoms with E-state index in [2.05, 4.69) is 4.90 Å². The summed E-state index contributed by atoms with van der Waals surface area (Å²) in [5.41, 5.74) is 2.17. The molecule has 3 saturated heterocycles. The van der Waals surface area contributed by atoms with Gasteiger partial charge in [0.25, 0.3) is 0 Å². The van der Waals surface area contributed by atoms with Gasteiger partial charge in [-0.2, -0.15) is 0 Å². The van der Waals surface area contributed by atoms with Gasteiger partial charge in [-0.1, -0.05) is 54.1 Å². The number of benzene rings is 2. The molecule has 0 unspecified atom stereocenters. The third-order valence-electron chi connectivity index (χ3n) is 7.18. The van der Waals surface area contributed by atoms with Crippen molar-refractivity contribution in [1.82, 2.24) is 9.80 Å². The highest BCUT2D eigenvalue weighted by atomic mass is 35.5. The number of carbonyl (C=O) groups is 2. The Morgan fingerprint density at radius 3 is 2.45 bits per heavy atom. The SMILES string of the molecule is O=C1OC[C@H](Cc2ccccc2)N1C(=O)[C@H]1CN(C2CCOCC2)C[C@@H]1c1ccc(Cl)cc1. The monoisotopic (exact) mass is 468 g/mol. The highest BCUT2D eigenvalue weighted by molar-refractivity contribution is 6.30. The van der Waals surface area contributed by atoms with Crippen LogP contribution in [0.5, 0.6) is 0 Å². The molecule has 0 N–H and O–H groups in total. The smallest absolute Gasteiger partial charge is 0.416 e. The molecular formula is C26H29ClN2O4. The minimum atomic E-state index is -0.527. The first-order valence-corrected chi connectivity index (χ1v) is 12.1. The molecule has 33 heavy (non-hydrogen) atoms. The van der Waals surface area contributed by atoms with Crippen molar-refractivity contribution < 1.29 is 19.1 Å². The number of ether oxygens (including phenoxy) is 2. The molecular weight excluding hydrogens is 440 g/mol. The number of hydrogen-bond acceptors (Lipinski definition) is 5. The summed E-state index contributed by atoms with van der Waals surface area (Å²) in [6.45, 7) is 3.17. The Kier molecular flexibility index (Phi) is 6.67. The minimum absolute atomic E-state index is 0.00314. The van der Waals surface area contributed by atoms with Gasteiger partial charge in [0.15, 0.2) is 0 Å². The van der Waals surface area contributed by atoms with Crippen LogP contribution in [-0.2, 0) is 20.7 Å². The Hall–Kier alpha value is -2.41. The van der Waals surface area contributed by atoms with Crippen LogP contribution >= 0.6 is 11.6 Å². The van der Waals surface area contributed by atoms with Gasteiger partial charge in [0.1, 0.15) is 6.61 Å². The first kappa shape index (κ1) is 22.4. The summed E-state index contributed by atoms with van der Waals surface area (Å²) in [5.74, 6) is -0.436. The minimum Gasteiger partial charge on any atom is -0.447 e. The zero-order valence-electron chi connectivity index (χ0n) is 18.6. The molecule has 0 aliphatic carbocycles. The van der Waals surface area contributed by atoms with Crippen LogP contribution in [0.25, 0.3) is 0 Å². The van der Waals surface area contributed by atoms with Crippen LogP contribution in [0.1, 0.15) is 29.9 Å². The van der Waals surface area contributed by atoms with Gasteiger partial charge in [0.05, 0.1) is 12.0 Å². The number of rotatable bonds is 5. The lowest BCUT2D eigenvalue weighted by atomic mass is 9.87. The molecule has 0 aromatic heterocycles. The maximum atomic E-state index is 13.9. The molecule has 2 aromatic carbocycles. The molecule has 2 amide bonds. The molecule has 7 heteroatoms. The van der Waals surface area contributed by atoms with Crippen LogP contribution < -0.4 is 0 Å². The lowest BCUT2D eigenvalue weighted by Gasteiger charge is -2.31. The van der Waals surface area contributed by atoms with Gasteiger partial charge >= 0.3 is 6.09 Å². The summed E-state index contributed by atoms with van der Waals surface area (Å²) in [4.78, 5) is 30.4. The van der Waals surface area contributed by atoms with Crippen molar-refractivity contribution in [2.45, 2.75) is 37.3 Å². The molecule has 3 aliphatic heterocycles. The second kappa shape index (κ2) is 9.84. The van der Waals surface area contributed by atoms with Crippen LogP contribution in [0.3, 0.4) is 0 Å². The molecule has 3 fully saturated rings. The van der Waals surface area contributed by atoms with Crippen molar-refractivity contribution in [2.75, 3.05) is 32.9 Å². The van der Waals surface area contributed by atoms with Crippen LogP contribution in [0, 0.1) is 5.92 Å². The van der Waals surface area contributed by atoms with Gasteiger partial charge in [-0.25, -0.2) is 9.69 Å². The van der Waals surface area contributed by atoms with E-state index in [1.54, 1.807) is 0 Å². The molecule has 0 saturated carbocycles. The molecule has 3 atom stereocenters. The zero-order valence-corrected chi connectivity index (χ0v) is 19.3. The number of halogens is 1. The number of cyclic esters (lactones) is 1. The molecule has 3 aliphatic rings. The summed E-state index contributed by atoms with van der Waals surface area (Å²) in [5, 5.41) is 0.673. The summed E-state index contributed by atoms with van der Waals surface area (Å²) in [6.07, 6.45) is 2.01. The summed E-state index contributed by atoms with van der Waals surface area (Å²) in [6, 6.07) is 17.8. The highest BCUT2D eigenvalue weighted by Gasteiger charge is 2.47. The number of likely N-dealkylation sites (tertiary alicyclic amines) is 1. The molecule has 0 radical (unpaired) electrons. The van der Waals surface area contributed by atoms with Crippen molar-refractivity contribution >= 4 is 23.6 Å². The van der Waals surface area contributed by atoms with Gasteiger partial charge in [-0.05, 0) is 42.5 Å². The quantitative estimate of drug-likeness (QED) is 0.660. The Morgan fingerprint density at radius 2 is 1.73 bits per heavy atom. The van der Waals surface area contributed by atoms with E-state index < -0.39 is 6.09 Å². The third-order valence-corrected chi connectivity index (χ3v) is 7.44. The predicted molar refractivity (Wildman–Crippen MR) is 125 cm³/mol. The zero-order chi connectivity index (χ0) is 22.8. The molecule has 174 valence electrons. The molecule has 2 aromatic rings. The fourth-order valence-corrected chi connectivity index (χ4v) is 5.55. The molecule has 6 nitrogen and oxygen atoms in total. The van der Waals surface area contributed by atoms with E-state index in [-0.39, 0.29) is 30.4 Å². The van der Waals surface area contributed by atoms with E-state index in [1.165, 1.54) is 4.90 Å². The van der Waals surface area contributed by atoms with Gasteiger partial charge in [0, 0.05) is 43.3 Å². The summed E-state index contributed by atoms with van der Waals surface area (Å²) in [7, 11) is 0. The van der Waals surface area contributed by atoms with Crippen molar-refractivity contribution in [3.63, 3.8) is 0 Å². The standard InChI is InChI=1S/C26H29ClN2O4/c27-20-8-6-19(7-9-20)23-15-28(21-10-12-32-13-11-21)16-24(23)25(30)29-22(17-33-26(29)31)14-18-4-2-1-3-5-18/h1-9,21-24H,10-17H2/t22-,23+,24-/m0/s1. The number of amides is 2. The van der Waals surface area contributed by atoms with Crippen LogP contribution in [0.2, 0.25) is 5.02 Å². The topological polar surface area (TPSA) is 59.1 Å². The van der Waals surface area contributed by atoms with E-state index in [0.29, 0.717) is 24.0 Å². The van der Waals surface area contributed by atoms with Crippen LogP contribution in [0.15, 0.2) is 54.6 Å². The summed E-state index contributed by atoms with van der Waals surface area (Å²) < 4.78 is 10.9. The lowest BCUT2D eigenvalue weighted by molar-refractivity contribution is -0.133. The van der Waals surface area contributed by atoms with E-state index in [9.17, 15) is 9.59 Å². The van der Waals surface area contributed by atoms with Crippen molar-refractivity contribution in [1.29, 1.82) is 0 Å². The van der Waals surface area contributed by atoms with Crippen molar-refractivity contribution in [3.05, 3.63) is 70.7 Å². The molecule has 0 bridgehead atoms. The average molecular weight is 469 g/mol. The largest absolute Gasteiger partial charge is 0.447 e. The number of hydrogen-bond donors (Lipinski definition) is 0. The second-order valence-electron chi connectivity index (χ2n) is 9.19. The first-order valence-electron chi connectivity index (χ1n) is 11.7. The number of imide groups is 1. The van der Waals surface area contributed by atoms with E-state index in [0.717, 1.165) is 43.7 Å². The maximum Gasteiger partial charge on any atom is 0.416 e. The Labute approximate surface area is 199 Å². The van der Waals surface area contributed by atoms with E-state index in [4.69, 9.17) is 21.1 Å². The Balaban J connectivity index is 1.40. The van der Waals surface area contributed by atoms with Crippen LogP contribution in [0.4, 0.5) is 4.79 Å². The first-order chi connectivity index (χ1) is 16.1. The maximum absolute atomic E-state index is 13.9. The average Bonchev–Trinajstić information content (AvgIpc) is 3.45. The van der Waals surface area contributed by atoms with Gasteiger partial charge in [0.2, 0.25) is 5.91 Å². The van der Waals surface area contributed by atoms with Crippen LogP contribution in [-0.4, -0.2) is 66.8 Å². The third kappa shape index (κ3) is 4.79. The van der Waals surface area contributed by atoms with Crippen molar-refractivity contribution in [2.24, 2.45) is 5.92 Å². The fourth-order valence-electron chi connectivity index (χ4n) is 5.43. The fraction of sp³-hybridized carbons (Fsp3) is 0.462. The number of carbonyl (C=O) groups excluding carboxylic acids is 2. The lowest BCUT2D eigenvalue weighted by Crippen LogP contribution is -2.45. The predicted octanol–water partition coefficient (Wildman–Crippen LogP) is 4.12. The van der Waals surface area contributed by atoms with E-state index >= 15 is 0 Å². The summed E-state index contributed by atoms with van der Waals surface area (Å²) >= 11 is 6.13. The highest BCUT2D eigenvalue weighted by Crippen LogP contribution is 2.38. The Morgan fingerprint density at radius 1 is 1.00 bits per heavy atom. The number of nitrogens with zero attached hydrogens (tertiary/aromatic N) is 2. The molecule has 5 rings (SSSR count). The van der Waals surface area contributed by atoms with Gasteiger partial charge in [-0.15, -0.1) is 0 Å². The van der Waals surface area contributed by atoms with Gasteiger partial charge < -0.3 is 9.47 Å². The second-order valence-corrected chi connectivity index (χ2v) is 9.63. The van der Waals surface area contributed by atoms with Crippen molar-refractivity contribution in [3.8, 4) is 0 Å². The molecule has 3 heterocycles. The van der Waals surface area contributed by atoms with Gasteiger partial charge in [-0.3, -0.25) is 9.69 Å². The van der Waals surface area contributed by atoms with E-state index in [1.807, 2.05) is 54.6 Å². The molecule has 0 spiro atoms. The Bertz CT molecular complexity index is 978.